The van der Waals surface area contributed by atoms with Crippen LogP contribution in [0.5, 0.6) is 0 Å². The van der Waals surface area contributed by atoms with Gasteiger partial charge in [-0.2, -0.15) is 0 Å². The van der Waals surface area contributed by atoms with Gasteiger partial charge in [-0.3, -0.25) is 9.88 Å². The fourth-order valence-electron chi connectivity index (χ4n) is 2.93. The van der Waals surface area contributed by atoms with Gasteiger partial charge in [-0.25, -0.2) is 4.39 Å². The van der Waals surface area contributed by atoms with Gasteiger partial charge in [0, 0.05) is 32.0 Å². The third kappa shape index (κ3) is 3.46. The van der Waals surface area contributed by atoms with Gasteiger partial charge in [0.05, 0.1) is 6.04 Å². The molecule has 0 radical (unpaired) electrons. The average molecular weight is 285 g/mol. The Hall–Kier alpha value is -1.78. The first kappa shape index (κ1) is 14.2. The molecule has 1 aliphatic rings. The van der Waals surface area contributed by atoms with Crippen LogP contribution in [-0.4, -0.2) is 36.1 Å². The molecule has 21 heavy (non-hydrogen) atoms. The molecule has 0 aliphatic carbocycles. The lowest BCUT2D eigenvalue weighted by molar-refractivity contribution is 0.241. The second-order valence-electron chi connectivity index (χ2n) is 5.37. The highest BCUT2D eigenvalue weighted by Gasteiger charge is 2.23. The molecule has 2 aromatic rings. The molecular formula is C17H20FN3. The van der Waals surface area contributed by atoms with E-state index in [9.17, 15) is 4.39 Å². The van der Waals surface area contributed by atoms with Gasteiger partial charge in [0.25, 0.3) is 0 Å². The summed E-state index contributed by atoms with van der Waals surface area (Å²) in [4.78, 5) is 6.57. The van der Waals surface area contributed by atoms with Crippen LogP contribution in [0, 0.1) is 5.82 Å². The van der Waals surface area contributed by atoms with E-state index in [2.05, 4.69) is 15.2 Å². The van der Waals surface area contributed by atoms with E-state index in [0.29, 0.717) is 0 Å². The molecule has 0 spiro atoms. The summed E-state index contributed by atoms with van der Waals surface area (Å²) >= 11 is 0. The van der Waals surface area contributed by atoms with Crippen molar-refractivity contribution in [3.63, 3.8) is 0 Å². The van der Waals surface area contributed by atoms with Crippen LogP contribution < -0.4 is 5.32 Å². The van der Waals surface area contributed by atoms with E-state index in [1.165, 1.54) is 5.56 Å². The van der Waals surface area contributed by atoms with Gasteiger partial charge < -0.3 is 5.32 Å². The lowest BCUT2D eigenvalue weighted by atomic mass is 9.97. The summed E-state index contributed by atoms with van der Waals surface area (Å²) in [5.41, 5.74) is 2.34. The number of nitrogens with zero attached hydrogens (tertiary/aromatic N) is 2. The highest BCUT2D eigenvalue weighted by molar-refractivity contribution is 5.31. The maximum atomic E-state index is 13.2. The number of hydrogen-bond donors (Lipinski definition) is 1. The van der Waals surface area contributed by atoms with E-state index < -0.39 is 0 Å². The second-order valence-corrected chi connectivity index (χ2v) is 5.37. The molecule has 110 valence electrons. The maximum Gasteiger partial charge on any atom is 0.123 e. The molecule has 1 fully saturated rings. The quantitative estimate of drug-likeness (QED) is 0.939. The van der Waals surface area contributed by atoms with Gasteiger partial charge in [-0.1, -0.05) is 12.1 Å². The first-order chi connectivity index (χ1) is 10.3. The van der Waals surface area contributed by atoms with Gasteiger partial charge in [0.1, 0.15) is 5.82 Å². The monoisotopic (exact) mass is 285 g/mol. The molecule has 0 saturated carbocycles. The number of rotatable bonds is 3. The first-order valence-corrected chi connectivity index (χ1v) is 7.45. The minimum Gasteiger partial charge on any atom is -0.315 e. The molecule has 1 unspecified atom stereocenters. The number of pyridine rings is 1. The topological polar surface area (TPSA) is 28.2 Å². The molecule has 0 bridgehead atoms. The van der Waals surface area contributed by atoms with Crippen molar-refractivity contribution in [2.75, 3.05) is 26.2 Å². The standard InChI is InChI=1S/C17H20FN3/c18-16-4-2-14(3-5-16)17(15-6-9-20-10-7-15)21-12-1-8-19-11-13-21/h2-7,9-10,17,19H,1,8,11-13H2. The Morgan fingerprint density at radius 1 is 0.952 bits per heavy atom. The van der Waals surface area contributed by atoms with Crippen molar-refractivity contribution in [3.05, 3.63) is 65.7 Å². The summed E-state index contributed by atoms with van der Waals surface area (Å²) < 4.78 is 13.2. The lowest BCUT2D eigenvalue weighted by Gasteiger charge is -2.31. The summed E-state index contributed by atoms with van der Waals surface area (Å²) in [6, 6.07) is 11.1. The first-order valence-electron chi connectivity index (χ1n) is 7.45. The minimum atomic E-state index is -0.190. The van der Waals surface area contributed by atoms with Gasteiger partial charge in [-0.15, -0.1) is 0 Å². The zero-order valence-electron chi connectivity index (χ0n) is 12.0. The number of halogens is 1. The van der Waals surface area contributed by atoms with Gasteiger partial charge in [0.15, 0.2) is 0 Å². The lowest BCUT2D eigenvalue weighted by Crippen LogP contribution is -2.33. The smallest absolute Gasteiger partial charge is 0.123 e. The third-order valence-electron chi connectivity index (χ3n) is 3.95. The van der Waals surface area contributed by atoms with Crippen molar-refractivity contribution in [3.8, 4) is 0 Å². The number of aromatic nitrogens is 1. The molecule has 2 heterocycles. The summed E-state index contributed by atoms with van der Waals surface area (Å²) in [7, 11) is 0. The van der Waals surface area contributed by atoms with Crippen LogP contribution >= 0.6 is 0 Å². The average Bonchev–Trinajstić information content (AvgIpc) is 2.80. The minimum absolute atomic E-state index is 0.161. The highest BCUT2D eigenvalue weighted by atomic mass is 19.1. The molecule has 0 amide bonds. The zero-order valence-corrected chi connectivity index (χ0v) is 12.0. The molecule has 1 aromatic heterocycles. The Kier molecular flexibility index (Phi) is 4.58. The van der Waals surface area contributed by atoms with Crippen molar-refractivity contribution >= 4 is 0 Å². The predicted molar refractivity (Wildman–Crippen MR) is 81.5 cm³/mol. The van der Waals surface area contributed by atoms with Crippen LogP contribution in [0.3, 0.4) is 0 Å². The number of benzene rings is 1. The van der Waals surface area contributed by atoms with E-state index in [1.54, 1.807) is 12.1 Å². The summed E-state index contributed by atoms with van der Waals surface area (Å²) in [6.45, 7) is 4.08. The Bertz CT molecular complexity index is 548. The van der Waals surface area contributed by atoms with E-state index in [-0.39, 0.29) is 11.9 Å². The molecule has 1 atom stereocenters. The van der Waals surface area contributed by atoms with Crippen molar-refractivity contribution in [2.24, 2.45) is 0 Å². The van der Waals surface area contributed by atoms with Gasteiger partial charge in [-0.05, 0) is 48.4 Å². The fraction of sp³-hybridized carbons (Fsp3) is 0.353. The van der Waals surface area contributed by atoms with Crippen LogP contribution in [-0.2, 0) is 0 Å². The Morgan fingerprint density at radius 2 is 1.67 bits per heavy atom. The largest absolute Gasteiger partial charge is 0.315 e. The van der Waals surface area contributed by atoms with E-state index in [4.69, 9.17) is 0 Å². The van der Waals surface area contributed by atoms with E-state index in [0.717, 1.165) is 38.2 Å². The predicted octanol–water partition coefficient (Wildman–Crippen LogP) is 2.61. The molecule has 4 heteroatoms. The van der Waals surface area contributed by atoms with Crippen molar-refractivity contribution < 1.29 is 4.39 Å². The fourth-order valence-corrected chi connectivity index (χ4v) is 2.93. The van der Waals surface area contributed by atoms with Crippen molar-refractivity contribution in [1.29, 1.82) is 0 Å². The van der Waals surface area contributed by atoms with Crippen LogP contribution in [0.15, 0.2) is 48.8 Å². The normalized spacial score (nSPS) is 18.1. The van der Waals surface area contributed by atoms with Crippen molar-refractivity contribution in [1.82, 2.24) is 15.2 Å². The summed E-state index contributed by atoms with van der Waals surface area (Å²) in [6.07, 6.45) is 4.77. The summed E-state index contributed by atoms with van der Waals surface area (Å²) in [5, 5.41) is 3.43. The maximum absolute atomic E-state index is 13.2. The van der Waals surface area contributed by atoms with Crippen LogP contribution in [0.25, 0.3) is 0 Å². The third-order valence-corrected chi connectivity index (χ3v) is 3.95. The van der Waals surface area contributed by atoms with Crippen LogP contribution in [0.4, 0.5) is 4.39 Å². The van der Waals surface area contributed by atoms with Crippen molar-refractivity contribution in [2.45, 2.75) is 12.5 Å². The molecule has 3 rings (SSSR count). The molecule has 3 nitrogen and oxygen atoms in total. The molecule has 1 N–H and O–H groups in total. The van der Waals surface area contributed by atoms with Gasteiger partial charge in [0.2, 0.25) is 0 Å². The molecule has 1 aromatic carbocycles. The van der Waals surface area contributed by atoms with Crippen LogP contribution in [0.2, 0.25) is 0 Å². The van der Waals surface area contributed by atoms with E-state index >= 15 is 0 Å². The van der Waals surface area contributed by atoms with Crippen LogP contribution in [0.1, 0.15) is 23.6 Å². The number of nitrogens with one attached hydrogen (secondary N) is 1. The summed E-state index contributed by atoms with van der Waals surface area (Å²) in [5.74, 6) is -0.190. The molecule has 1 aliphatic heterocycles. The Balaban J connectivity index is 1.95. The van der Waals surface area contributed by atoms with E-state index in [1.807, 2.05) is 36.7 Å². The molecular weight excluding hydrogens is 265 g/mol. The molecule has 1 saturated heterocycles. The SMILES string of the molecule is Fc1ccc(C(c2ccncc2)N2CCCNCC2)cc1. The highest BCUT2D eigenvalue weighted by Crippen LogP contribution is 2.28. The number of hydrogen-bond acceptors (Lipinski definition) is 3. The second kappa shape index (κ2) is 6.78. The Labute approximate surface area is 124 Å². The van der Waals surface area contributed by atoms with Gasteiger partial charge >= 0.3 is 0 Å². The Morgan fingerprint density at radius 3 is 2.43 bits per heavy atom. The zero-order chi connectivity index (χ0) is 14.5.